The van der Waals surface area contributed by atoms with Crippen molar-refractivity contribution in [3.63, 3.8) is 0 Å². The number of likely N-dealkylation sites (tertiary alicyclic amines) is 1. The van der Waals surface area contributed by atoms with Gasteiger partial charge in [-0.05, 0) is 73.6 Å². The molecule has 1 aromatic carbocycles. The molecule has 1 aromatic heterocycles. The minimum Gasteiger partial charge on any atom is -0.471 e. The molecule has 1 saturated heterocycles. The number of ether oxygens (including phenoxy) is 1. The van der Waals surface area contributed by atoms with Crippen molar-refractivity contribution in [2.75, 3.05) is 13.1 Å². The average Bonchev–Trinajstić information content (AvgIpc) is 2.78. The highest BCUT2D eigenvalue weighted by Crippen LogP contribution is 2.65. The Morgan fingerprint density at radius 3 is 2.44 bits per heavy atom. The molecule has 1 aliphatic heterocycles. The maximum Gasteiger partial charge on any atom is 0.223 e. The molecule has 2 heterocycles. The lowest BCUT2D eigenvalue weighted by Crippen LogP contribution is -2.64. The quantitative estimate of drug-likeness (QED) is 0.736. The monoisotopic (exact) mass is 461 g/mol. The Labute approximate surface area is 198 Å². The molecule has 1 amide bonds. The number of nitrogens with zero attached hydrogens (tertiary/aromatic N) is 3. The van der Waals surface area contributed by atoms with Crippen LogP contribution >= 0.6 is 0 Å². The second-order valence-corrected chi connectivity index (χ2v) is 10.8. The van der Waals surface area contributed by atoms with Gasteiger partial charge in [0, 0.05) is 24.1 Å². The molecule has 34 heavy (non-hydrogen) atoms. The zero-order valence-electron chi connectivity index (χ0n) is 19.0. The number of benzene rings is 1. The molecular formula is C27H28FN3O3. The maximum atomic E-state index is 13.8. The second-order valence-electron chi connectivity index (χ2n) is 10.8. The highest BCUT2D eigenvalue weighted by Gasteiger charge is 2.63. The number of carbonyl (C=O) groups excluding carboxylic acids is 1. The van der Waals surface area contributed by atoms with Gasteiger partial charge in [0.05, 0.1) is 24.3 Å². The maximum absolute atomic E-state index is 13.8. The van der Waals surface area contributed by atoms with Crippen LogP contribution in [0.25, 0.3) is 0 Å². The van der Waals surface area contributed by atoms with Gasteiger partial charge in [-0.25, -0.2) is 9.37 Å². The van der Waals surface area contributed by atoms with E-state index in [9.17, 15) is 14.3 Å². The number of aromatic nitrogens is 1. The van der Waals surface area contributed by atoms with Crippen LogP contribution in [0.15, 0.2) is 42.6 Å². The molecule has 2 atom stereocenters. The fraction of sp³-hybridized carbons (Fsp3) is 0.519. The Bertz CT molecular complexity index is 1120. The summed E-state index contributed by atoms with van der Waals surface area (Å²) in [5.41, 5.74) is 0.556. The summed E-state index contributed by atoms with van der Waals surface area (Å²) >= 11 is 0. The molecule has 176 valence electrons. The van der Waals surface area contributed by atoms with E-state index in [1.807, 2.05) is 23.1 Å². The molecule has 4 aliphatic carbocycles. The van der Waals surface area contributed by atoms with E-state index >= 15 is 0 Å². The zero-order chi connectivity index (χ0) is 23.5. The van der Waals surface area contributed by atoms with Crippen molar-refractivity contribution in [1.82, 2.24) is 9.88 Å². The first kappa shape index (κ1) is 21.5. The number of carbonyl (C=O) groups is 1. The van der Waals surface area contributed by atoms with Crippen LogP contribution < -0.4 is 4.74 Å². The van der Waals surface area contributed by atoms with Crippen LogP contribution in [-0.4, -0.2) is 45.7 Å². The van der Waals surface area contributed by atoms with Crippen molar-refractivity contribution in [3.05, 3.63) is 59.5 Å². The summed E-state index contributed by atoms with van der Waals surface area (Å²) in [6, 6.07) is 12.1. The van der Waals surface area contributed by atoms with E-state index in [-0.39, 0.29) is 35.1 Å². The van der Waals surface area contributed by atoms with Crippen molar-refractivity contribution in [2.45, 2.75) is 55.6 Å². The predicted molar refractivity (Wildman–Crippen MR) is 121 cm³/mol. The van der Waals surface area contributed by atoms with Gasteiger partial charge in [0.15, 0.2) is 0 Å². The van der Waals surface area contributed by atoms with Crippen molar-refractivity contribution in [2.24, 2.45) is 17.8 Å². The number of rotatable bonds is 5. The summed E-state index contributed by atoms with van der Waals surface area (Å²) in [6.07, 6.45) is 6.12. The van der Waals surface area contributed by atoms with E-state index in [0.29, 0.717) is 36.9 Å². The first-order valence-electron chi connectivity index (χ1n) is 12.2. The molecule has 5 fully saturated rings. The Morgan fingerprint density at radius 2 is 1.85 bits per heavy atom. The van der Waals surface area contributed by atoms with Crippen LogP contribution in [0.1, 0.15) is 49.7 Å². The summed E-state index contributed by atoms with van der Waals surface area (Å²) in [5.74, 6) is 1.26. The lowest BCUT2D eigenvalue weighted by molar-refractivity contribution is -0.174. The van der Waals surface area contributed by atoms with E-state index in [1.54, 1.807) is 12.1 Å². The number of pyridine rings is 1. The Hall–Kier alpha value is -2.98. The predicted octanol–water partition coefficient (Wildman–Crippen LogP) is 3.58. The molecule has 0 radical (unpaired) electrons. The van der Waals surface area contributed by atoms with E-state index in [2.05, 4.69) is 4.98 Å². The number of hydrogen-bond acceptors (Lipinski definition) is 5. The second kappa shape index (κ2) is 7.78. The zero-order valence-corrected chi connectivity index (χ0v) is 19.0. The third-order valence-corrected chi connectivity index (χ3v) is 8.79. The number of aliphatic hydroxyl groups is 1. The summed E-state index contributed by atoms with van der Waals surface area (Å²) in [7, 11) is 0. The van der Waals surface area contributed by atoms with Gasteiger partial charge < -0.3 is 14.7 Å². The molecule has 6 nitrogen and oxygen atoms in total. The van der Waals surface area contributed by atoms with Crippen LogP contribution in [0.3, 0.4) is 0 Å². The molecule has 5 aliphatic rings. The van der Waals surface area contributed by atoms with Crippen LogP contribution in [-0.2, 0) is 10.2 Å². The van der Waals surface area contributed by atoms with Crippen molar-refractivity contribution >= 4 is 5.91 Å². The molecule has 2 aromatic rings. The summed E-state index contributed by atoms with van der Waals surface area (Å²) < 4.78 is 19.6. The third-order valence-electron chi connectivity index (χ3n) is 8.79. The van der Waals surface area contributed by atoms with Crippen molar-refractivity contribution < 1.29 is 19.0 Å². The standard InChI is InChI=1S/C27H28FN3O3/c28-22-4-2-19(3-5-22)27(20-7-18-8-21(27)11-26(33,9-18)10-20)12-25(32)31-15-23(16-31)34-24-6-1-17(13-29)14-30-24/h1-6,14,18,20-21,23,33H,7-12,15-16H2/t18?,20?,21?,26-,27+. The SMILES string of the molecule is N#Cc1ccc(OC2CN(C(=O)C[C@]3(c4ccc(F)cc4)C4CC5CC3C[C@@](O)(C5)C4)C2)nc1. The van der Waals surface area contributed by atoms with Crippen LogP contribution in [0.2, 0.25) is 0 Å². The topological polar surface area (TPSA) is 86.5 Å². The Kier molecular flexibility index (Phi) is 4.93. The molecule has 7 heteroatoms. The van der Waals surface area contributed by atoms with Crippen LogP contribution in [0.4, 0.5) is 4.39 Å². The number of hydrogen-bond donors (Lipinski definition) is 1. The van der Waals surface area contributed by atoms with Gasteiger partial charge in [-0.1, -0.05) is 12.1 Å². The molecule has 4 saturated carbocycles. The minimum absolute atomic E-state index is 0.0939. The fourth-order valence-electron chi connectivity index (χ4n) is 7.44. The molecule has 0 spiro atoms. The average molecular weight is 462 g/mol. The highest BCUT2D eigenvalue weighted by atomic mass is 19.1. The van der Waals surface area contributed by atoms with E-state index in [4.69, 9.17) is 10.00 Å². The van der Waals surface area contributed by atoms with Crippen molar-refractivity contribution in [1.29, 1.82) is 5.26 Å². The van der Waals surface area contributed by atoms with Gasteiger partial charge in [0.2, 0.25) is 11.8 Å². The summed E-state index contributed by atoms with van der Waals surface area (Å²) in [4.78, 5) is 19.5. The largest absolute Gasteiger partial charge is 0.471 e. The number of halogens is 1. The first-order chi connectivity index (χ1) is 16.4. The Morgan fingerprint density at radius 1 is 1.15 bits per heavy atom. The van der Waals surface area contributed by atoms with E-state index in [0.717, 1.165) is 37.7 Å². The van der Waals surface area contributed by atoms with Gasteiger partial charge in [-0.2, -0.15) is 5.26 Å². The lowest BCUT2D eigenvalue weighted by atomic mass is 9.41. The molecule has 1 N–H and O–H groups in total. The lowest BCUT2D eigenvalue weighted by Gasteiger charge is -2.64. The highest BCUT2D eigenvalue weighted by molar-refractivity contribution is 5.79. The number of nitriles is 1. The Balaban J connectivity index is 1.19. The van der Waals surface area contributed by atoms with Gasteiger partial charge in [0.25, 0.3) is 0 Å². The summed E-state index contributed by atoms with van der Waals surface area (Å²) in [5, 5.41) is 20.0. The fourth-order valence-corrected chi connectivity index (χ4v) is 7.44. The minimum atomic E-state index is -0.604. The summed E-state index contributed by atoms with van der Waals surface area (Å²) in [6.45, 7) is 1.00. The molecule has 7 rings (SSSR count). The normalized spacial score (nSPS) is 33.9. The van der Waals surface area contributed by atoms with Crippen LogP contribution in [0.5, 0.6) is 5.88 Å². The van der Waals surface area contributed by atoms with Crippen molar-refractivity contribution in [3.8, 4) is 11.9 Å². The number of amides is 1. The van der Waals surface area contributed by atoms with Gasteiger partial charge in [-0.3, -0.25) is 4.79 Å². The molecule has 2 unspecified atom stereocenters. The van der Waals surface area contributed by atoms with Gasteiger partial charge in [-0.15, -0.1) is 0 Å². The van der Waals surface area contributed by atoms with E-state index < -0.39 is 5.60 Å². The van der Waals surface area contributed by atoms with E-state index in [1.165, 1.54) is 18.3 Å². The van der Waals surface area contributed by atoms with Gasteiger partial charge >= 0.3 is 0 Å². The smallest absolute Gasteiger partial charge is 0.223 e. The van der Waals surface area contributed by atoms with Crippen LogP contribution in [0, 0.1) is 34.9 Å². The third kappa shape index (κ3) is 3.47. The first-order valence-corrected chi connectivity index (χ1v) is 12.2. The van der Waals surface area contributed by atoms with Gasteiger partial charge in [0.1, 0.15) is 18.0 Å². The molecule has 4 bridgehead atoms. The molecular weight excluding hydrogens is 433 g/mol.